The summed E-state index contributed by atoms with van der Waals surface area (Å²) in [7, 11) is 0. The van der Waals surface area contributed by atoms with Crippen molar-refractivity contribution in [3.05, 3.63) is 46.4 Å². The van der Waals surface area contributed by atoms with Crippen LogP contribution in [0.25, 0.3) is 11.3 Å². The Labute approximate surface area is 115 Å². The largest absolute Gasteiger partial charge is 0.378 e. The van der Waals surface area contributed by atoms with Crippen molar-refractivity contribution < 1.29 is 9.66 Å². The molecule has 1 aliphatic rings. The van der Waals surface area contributed by atoms with Gasteiger partial charge in [-0.2, -0.15) is 0 Å². The molecule has 1 aliphatic heterocycles. The zero-order chi connectivity index (χ0) is 13.9. The first-order chi connectivity index (χ1) is 9.75. The van der Waals surface area contributed by atoms with Crippen LogP contribution in [0, 0.1) is 10.1 Å². The van der Waals surface area contributed by atoms with E-state index < -0.39 is 4.92 Å². The van der Waals surface area contributed by atoms with E-state index in [0.29, 0.717) is 24.5 Å². The van der Waals surface area contributed by atoms with Gasteiger partial charge >= 0.3 is 0 Å². The summed E-state index contributed by atoms with van der Waals surface area (Å²) in [6, 6.07) is 6.61. The third-order valence-electron chi connectivity index (χ3n) is 3.24. The Bertz CT molecular complexity index is 620. The van der Waals surface area contributed by atoms with E-state index in [2.05, 4.69) is 15.3 Å². The fraction of sp³-hybridized carbons (Fsp3) is 0.308. The Kier molecular flexibility index (Phi) is 3.44. The summed E-state index contributed by atoms with van der Waals surface area (Å²) in [5.74, 6) is 0.734. The highest BCUT2D eigenvalue weighted by molar-refractivity contribution is 5.70. The van der Waals surface area contributed by atoms with E-state index in [1.165, 1.54) is 6.07 Å². The van der Waals surface area contributed by atoms with Crippen molar-refractivity contribution in [2.45, 2.75) is 6.04 Å². The molecule has 0 amide bonds. The smallest absolute Gasteiger partial charge is 0.278 e. The Morgan fingerprint density at radius 2 is 2.25 bits per heavy atom. The van der Waals surface area contributed by atoms with Crippen molar-refractivity contribution in [2.75, 3.05) is 19.8 Å². The van der Waals surface area contributed by atoms with E-state index in [0.717, 1.165) is 12.4 Å². The van der Waals surface area contributed by atoms with E-state index in [9.17, 15) is 10.1 Å². The lowest BCUT2D eigenvalue weighted by molar-refractivity contribution is -0.384. The van der Waals surface area contributed by atoms with Crippen LogP contribution in [0.3, 0.4) is 0 Å². The minimum absolute atomic E-state index is 0.000248. The second-order valence-corrected chi connectivity index (χ2v) is 4.54. The van der Waals surface area contributed by atoms with Crippen LogP contribution in [0.4, 0.5) is 5.69 Å². The van der Waals surface area contributed by atoms with E-state index in [1.807, 2.05) is 0 Å². The average molecular weight is 274 g/mol. The van der Waals surface area contributed by atoms with Crippen LogP contribution >= 0.6 is 0 Å². The standard InChI is InChI=1S/C13H14N4O3/c18-17(19)12-4-2-1-3-9(12)10-7-15-13(16-10)11-8-20-6-5-14-11/h1-4,7,11,14H,5-6,8H2,(H,15,16). The molecule has 0 bridgehead atoms. The van der Waals surface area contributed by atoms with Crippen molar-refractivity contribution in [3.8, 4) is 11.3 Å². The molecule has 7 nitrogen and oxygen atoms in total. The van der Waals surface area contributed by atoms with Crippen molar-refractivity contribution in [3.63, 3.8) is 0 Å². The Morgan fingerprint density at radius 3 is 3.00 bits per heavy atom. The second kappa shape index (κ2) is 5.40. The second-order valence-electron chi connectivity index (χ2n) is 4.54. The molecule has 7 heteroatoms. The maximum atomic E-state index is 11.0. The fourth-order valence-electron chi connectivity index (χ4n) is 2.25. The molecule has 1 unspecified atom stereocenters. The first-order valence-corrected chi connectivity index (χ1v) is 6.35. The summed E-state index contributed by atoms with van der Waals surface area (Å²) >= 11 is 0. The lowest BCUT2D eigenvalue weighted by Gasteiger charge is -2.21. The molecule has 0 saturated carbocycles. The number of imidazole rings is 1. The predicted molar refractivity (Wildman–Crippen MR) is 72.2 cm³/mol. The van der Waals surface area contributed by atoms with Crippen molar-refractivity contribution in [1.82, 2.24) is 15.3 Å². The molecule has 0 spiro atoms. The Hall–Kier alpha value is -2.25. The summed E-state index contributed by atoms with van der Waals surface area (Å²) in [4.78, 5) is 18.1. The molecule has 1 saturated heterocycles. The van der Waals surface area contributed by atoms with Crippen molar-refractivity contribution in [1.29, 1.82) is 0 Å². The lowest BCUT2D eigenvalue weighted by Crippen LogP contribution is -2.35. The van der Waals surface area contributed by atoms with E-state index in [-0.39, 0.29) is 11.7 Å². The molecule has 104 valence electrons. The number of nitrogens with one attached hydrogen (secondary N) is 2. The van der Waals surface area contributed by atoms with Gasteiger partial charge in [0.25, 0.3) is 5.69 Å². The number of aromatic nitrogens is 2. The first-order valence-electron chi connectivity index (χ1n) is 6.35. The highest BCUT2D eigenvalue weighted by Crippen LogP contribution is 2.28. The minimum atomic E-state index is -0.391. The van der Waals surface area contributed by atoms with Gasteiger partial charge in [0.1, 0.15) is 5.82 Å². The number of nitro groups is 1. The zero-order valence-electron chi connectivity index (χ0n) is 10.7. The van der Waals surface area contributed by atoms with Gasteiger partial charge in [-0.1, -0.05) is 12.1 Å². The van der Waals surface area contributed by atoms with E-state index >= 15 is 0 Å². The topological polar surface area (TPSA) is 93.1 Å². The number of morpholine rings is 1. The molecule has 1 fully saturated rings. The third-order valence-corrected chi connectivity index (χ3v) is 3.24. The van der Waals surface area contributed by atoms with Crippen LogP contribution in [-0.2, 0) is 4.74 Å². The predicted octanol–water partition coefficient (Wildman–Crippen LogP) is 1.65. The molecule has 20 heavy (non-hydrogen) atoms. The molecule has 0 aliphatic carbocycles. The Morgan fingerprint density at radius 1 is 1.40 bits per heavy atom. The number of H-pyrrole nitrogens is 1. The number of benzene rings is 1. The zero-order valence-corrected chi connectivity index (χ0v) is 10.7. The quantitative estimate of drug-likeness (QED) is 0.655. The SMILES string of the molecule is O=[N+]([O-])c1ccccc1-c1cnc(C2COCCN2)[nH]1. The van der Waals surface area contributed by atoms with Gasteiger partial charge in [-0.15, -0.1) is 0 Å². The average Bonchev–Trinajstić information content (AvgIpc) is 2.98. The number of para-hydroxylation sites is 1. The van der Waals surface area contributed by atoms with Gasteiger partial charge in [-0.05, 0) is 6.07 Å². The third kappa shape index (κ3) is 2.40. The van der Waals surface area contributed by atoms with Gasteiger partial charge < -0.3 is 15.0 Å². The molecular formula is C13H14N4O3. The maximum absolute atomic E-state index is 11.0. The van der Waals surface area contributed by atoms with Gasteiger partial charge in [0, 0.05) is 12.6 Å². The van der Waals surface area contributed by atoms with Crippen LogP contribution in [-0.4, -0.2) is 34.6 Å². The molecule has 0 radical (unpaired) electrons. The van der Waals surface area contributed by atoms with Crippen LogP contribution in [0.15, 0.2) is 30.5 Å². The molecule has 3 rings (SSSR count). The first kappa shape index (κ1) is 12.8. The molecular weight excluding hydrogens is 260 g/mol. The van der Waals surface area contributed by atoms with Crippen LogP contribution < -0.4 is 5.32 Å². The molecule has 1 aromatic heterocycles. The van der Waals surface area contributed by atoms with Crippen molar-refractivity contribution >= 4 is 5.69 Å². The van der Waals surface area contributed by atoms with Crippen molar-refractivity contribution in [2.24, 2.45) is 0 Å². The molecule has 2 N–H and O–H groups in total. The number of hydrogen-bond acceptors (Lipinski definition) is 5. The maximum Gasteiger partial charge on any atom is 0.278 e. The van der Waals surface area contributed by atoms with Crippen LogP contribution in [0.5, 0.6) is 0 Å². The minimum Gasteiger partial charge on any atom is -0.378 e. The van der Waals surface area contributed by atoms with Crippen LogP contribution in [0.2, 0.25) is 0 Å². The normalized spacial score (nSPS) is 18.9. The number of ether oxygens (including phenoxy) is 1. The van der Waals surface area contributed by atoms with Gasteiger partial charge in [0.2, 0.25) is 0 Å². The molecule has 1 atom stereocenters. The number of hydrogen-bond donors (Lipinski definition) is 2. The van der Waals surface area contributed by atoms with Gasteiger partial charge in [0.15, 0.2) is 0 Å². The summed E-state index contributed by atoms with van der Waals surface area (Å²) in [5, 5.41) is 14.3. The molecule has 2 aromatic rings. The summed E-state index contributed by atoms with van der Waals surface area (Å²) < 4.78 is 5.38. The van der Waals surface area contributed by atoms with E-state index in [4.69, 9.17) is 4.74 Å². The van der Waals surface area contributed by atoms with Crippen LogP contribution in [0.1, 0.15) is 11.9 Å². The number of aromatic amines is 1. The monoisotopic (exact) mass is 274 g/mol. The van der Waals surface area contributed by atoms with Gasteiger partial charge in [0.05, 0.1) is 41.6 Å². The fourth-order valence-corrected chi connectivity index (χ4v) is 2.25. The number of nitro benzene ring substituents is 1. The summed E-state index contributed by atoms with van der Waals surface area (Å²) in [6.07, 6.45) is 1.62. The van der Waals surface area contributed by atoms with Gasteiger partial charge in [-0.3, -0.25) is 10.1 Å². The lowest BCUT2D eigenvalue weighted by atomic mass is 10.1. The summed E-state index contributed by atoms with van der Waals surface area (Å²) in [6.45, 7) is 2.00. The van der Waals surface area contributed by atoms with Gasteiger partial charge in [-0.25, -0.2) is 4.98 Å². The van der Waals surface area contributed by atoms with E-state index in [1.54, 1.807) is 24.4 Å². The summed E-state index contributed by atoms with van der Waals surface area (Å²) in [5.41, 5.74) is 1.24. The molecule has 1 aromatic carbocycles. The molecule has 2 heterocycles. The Balaban J connectivity index is 1.92. The highest BCUT2D eigenvalue weighted by atomic mass is 16.6. The number of nitrogens with zero attached hydrogens (tertiary/aromatic N) is 2. The number of rotatable bonds is 3. The highest BCUT2D eigenvalue weighted by Gasteiger charge is 2.21.